The van der Waals surface area contributed by atoms with Crippen LogP contribution in [0.2, 0.25) is 0 Å². The maximum Gasteiger partial charge on any atom is 0.0958 e. The zero-order valence-electron chi connectivity index (χ0n) is 12.2. The van der Waals surface area contributed by atoms with Gasteiger partial charge >= 0.3 is 0 Å². The van der Waals surface area contributed by atoms with Gasteiger partial charge in [0.25, 0.3) is 0 Å². The van der Waals surface area contributed by atoms with Crippen LogP contribution >= 0.6 is 11.3 Å². The lowest BCUT2D eigenvalue weighted by Crippen LogP contribution is -2.29. The molecule has 0 amide bonds. The molecule has 1 N–H and O–H groups in total. The first-order valence-electron chi connectivity index (χ1n) is 7.57. The lowest BCUT2D eigenvalue weighted by Gasteiger charge is -2.21. The van der Waals surface area contributed by atoms with E-state index in [2.05, 4.69) is 29.4 Å². The molecule has 0 radical (unpaired) electrons. The predicted octanol–water partition coefficient (Wildman–Crippen LogP) is 3.53. The van der Waals surface area contributed by atoms with Gasteiger partial charge in [0.1, 0.15) is 0 Å². The Bertz CT molecular complexity index is 569. The highest BCUT2D eigenvalue weighted by atomic mass is 32.1. The molecule has 3 atom stereocenters. The van der Waals surface area contributed by atoms with E-state index in [1.807, 2.05) is 18.2 Å². The number of nitrogens with zero attached hydrogens (tertiary/aromatic N) is 1. The topological polar surface area (TPSA) is 42.4 Å². The van der Waals surface area contributed by atoms with Crippen molar-refractivity contribution in [1.29, 1.82) is 0 Å². The average Bonchev–Trinajstić information content (AvgIpc) is 3.16. The third-order valence-electron chi connectivity index (χ3n) is 4.16. The molecule has 4 heteroatoms. The van der Waals surface area contributed by atoms with Crippen LogP contribution < -0.4 is 0 Å². The van der Waals surface area contributed by atoms with Crippen molar-refractivity contribution in [2.75, 3.05) is 6.61 Å². The standard InChI is InChI=1S/C17H21NO2S/c1-2-16-13(8-9-20-16)15(19)10-17-18-14(11-21-17)12-6-4-3-5-7-12/h3-7,11,13,15-16,19H,2,8-10H2,1H3. The Kier molecular flexibility index (Phi) is 4.68. The molecule has 3 rings (SSSR count). The molecule has 3 nitrogen and oxygen atoms in total. The lowest BCUT2D eigenvalue weighted by molar-refractivity contribution is 0.0317. The molecule has 0 bridgehead atoms. The van der Waals surface area contributed by atoms with Gasteiger partial charge in [0.15, 0.2) is 0 Å². The second-order valence-electron chi connectivity index (χ2n) is 5.53. The Balaban J connectivity index is 1.67. The van der Waals surface area contributed by atoms with Crippen LogP contribution in [0.3, 0.4) is 0 Å². The lowest BCUT2D eigenvalue weighted by atomic mass is 9.92. The summed E-state index contributed by atoms with van der Waals surface area (Å²) in [6.07, 6.45) is 2.40. The van der Waals surface area contributed by atoms with Crippen molar-refractivity contribution < 1.29 is 9.84 Å². The second-order valence-corrected chi connectivity index (χ2v) is 6.48. The summed E-state index contributed by atoms with van der Waals surface area (Å²) in [5.74, 6) is 0.249. The van der Waals surface area contributed by atoms with Crippen LogP contribution in [-0.2, 0) is 11.2 Å². The van der Waals surface area contributed by atoms with Gasteiger partial charge in [-0.15, -0.1) is 11.3 Å². The average molecular weight is 303 g/mol. The van der Waals surface area contributed by atoms with E-state index in [1.165, 1.54) is 0 Å². The van der Waals surface area contributed by atoms with Crippen molar-refractivity contribution in [3.8, 4) is 11.3 Å². The van der Waals surface area contributed by atoms with Gasteiger partial charge in [0.05, 0.1) is 22.9 Å². The number of benzene rings is 1. The first-order chi connectivity index (χ1) is 10.3. The first kappa shape index (κ1) is 14.7. The molecule has 112 valence electrons. The highest BCUT2D eigenvalue weighted by Crippen LogP contribution is 2.29. The number of aromatic nitrogens is 1. The highest BCUT2D eigenvalue weighted by molar-refractivity contribution is 7.09. The van der Waals surface area contributed by atoms with Crippen LogP contribution in [0.15, 0.2) is 35.7 Å². The molecular formula is C17H21NO2S. The number of hydrogen-bond acceptors (Lipinski definition) is 4. The Morgan fingerprint density at radius 1 is 1.38 bits per heavy atom. The SMILES string of the molecule is CCC1OCCC1C(O)Cc1nc(-c2ccccc2)cs1. The molecular weight excluding hydrogens is 282 g/mol. The summed E-state index contributed by atoms with van der Waals surface area (Å²) in [6, 6.07) is 10.2. The monoisotopic (exact) mass is 303 g/mol. The molecule has 1 aromatic heterocycles. The second kappa shape index (κ2) is 6.69. The van der Waals surface area contributed by atoms with Crippen LogP contribution in [-0.4, -0.2) is 28.9 Å². The molecule has 1 saturated heterocycles. The van der Waals surface area contributed by atoms with E-state index in [-0.39, 0.29) is 18.1 Å². The number of ether oxygens (including phenoxy) is 1. The van der Waals surface area contributed by atoms with Crippen LogP contribution in [0.1, 0.15) is 24.8 Å². The van der Waals surface area contributed by atoms with Crippen LogP contribution in [0.4, 0.5) is 0 Å². The zero-order chi connectivity index (χ0) is 14.7. The van der Waals surface area contributed by atoms with Gasteiger partial charge in [-0.1, -0.05) is 37.3 Å². The predicted molar refractivity (Wildman–Crippen MR) is 85.4 cm³/mol. The molecule has 0 spiro atoms. The number of thiazole rings is 1. The van der Waals surface area contributed by atoms with Gasteiger partial charge in [-0.3, -0.25) is 0 Å². The van der Waals surface area contributed by atoms with E-state index in [0.717, 1.165) is 35.7 Å². The molecule has 1 aliphatic heterocycles. The molecule has 0 saturated carbocycles. The van der Waals surface area contributed by atoms with Gasteiger partial charge in [0, 0.05) is 29.9 Å². The Morgan fingerprint density at radius 2 is 2.19 bits per heavy atom. The third-order valence-corrected chi connectivity index (χ3v) is 5.03. The molecule has 21 heavy (non-hydrogen) atoms. The number of rotatable bonds is 5. The minimum atomic E-state index is -0.354. The fourth-order valence-electron chi connectivity index (χ4n) is 3.00. The number of aliphatic hydroxyl groups excluding tert-OH is 1. The Hall–Kier alpha value is -1.23. The van der Waals surface area contributed by atoms with Crippen molar-refractivity contribution in [2.45, 2.75) is 38.4 Å². The Morgan fingerprint density at radius 3 is 2.95 bits per heavy atom. The van der Waals surface area contributed by atoms with Crippen molar-refractivity contribution in [2.24, 2.45) is 5.92 Å². The normalized spacial score (nSPS) is 23.3. The maximum atomic E-state index is 10.5. The van der Waals surface area contributed by atoms with E-state index < -0.39 is 0 Å². The fraction of sp³-hybridized carbons (Fsp3) is 0.471. The smallest absolute Gasteiger partial charge is 0.0958 e. The van der Waals surface area contributed by atoms with Crippen molar-refractivity contribution in [3.63, 3.8) is 0 Å². The minimum absolute atomic E-state index is 0.202. The summed E-state index contributed by atoms with van der Waals surface area (Å²) in [6.45, 7) is 2.89. The van der Waals surface area contributed by atoms with Crippen LogP contribution in [0.25, 0.3) is 11.3 Å². The van der Waals surface area contributed by atoms with Crippen molar-refractivity contribution in [1.82, 2.24) is 4.98 Å². The van der Waals surface area contributed by atoms with Gasteiger partial charge < -0.3 is 9.84 Å². The molecule has 1 fully saturated rings. The largest absolute Gasteiger partial charge is 0.392 e. The van der Waals surface area contributed by atoms with Gasteiger partial charge in [0.2, 0.25) is 0 Å². The van der Waals surface area contributed by atoms with Crippen molar-refractivity contribution >= 4 is 11.3 Å². The van der Waals surface area contributed by atoms with E-state index in [9.17, 15) is 5.11 Å². The molecule has 0 aliphatic carbocycles. The summed E-state index contributed by atoms with van der Waals surface area (Å²) in [5, 5.41) is 13.5. The molecule has 2 heterocycles. The maximum absolute atomic E-state index is 10.5. The van der Waals surface area contributed by atoms with Crippen LogP contribution in [0, 0.1) is 5.92 Å². The first-order valence-corrected chi connectivity index (χ1v) is 8.45. The van der Waals surface area contributed by atoms with E-state index in [0.29, 0.717) is 6.42 Å². The van der Waals surface area contributed by atoms with Crippen molar-refractivity contribution in [3.05, 3.63) is 40.7 Å². The molecule has 1 aromatic carbocycles. The minimum Gasteiger partial charge on any atom is -0.392 e. The number of aliphatic hydroxyl groups is 1. The molecule has 2 aromatic rings. The molecule has 3 unspecified atom stereocenters. The summed E-state index contributed by atoms with van der Waals surface area (Å²) in [7, 11) is 0. The van der Waals surface area contributed by atoms with E-state index in [4.69, 9.17) is 4.74 Å². The number of hydrogen-bond donors (Lipinski definition) is 1. The van der Waals surface area contributed by atoms with E-state index in [1.54, 1.807) is 11.3 Å². The van der Waals surface area contributed by atoms with E-state index >= 15 is 0 Å². The summed E-state index contributed by atoms with van der Waals surface area (Å²) >= 11 is 1.63. The quantitative estimate of drug-likeness (QED) is 0.919. The van der Waals surface area contributed by atoms with Gasteiger partial charge in [-0.05, 0) is 12.8 Å². The van der Waals surface area contributed by atoms with Gasteiger partial charge in [-0.25, -0.2) is 4.98 Å². The third kappa shape index (κ3) is 3.34. The summed E-state index contributed by atoms with van der Waals surface area (Å²) < 4.78 is 5.67. The zero-order valence-corrected chi connectivity index (χ0v) is 13.1. The highest BCUT2D eigenvalue weighted by Gasteiger charge is 2.33. The molecule has 1 aliphatic rings. The van der Waals surface area contributed by atoms with Gasteiger partial charge in [-0.2, -0.15) is 0 Å². The summed E-state index contributed by atoms with van der Waals surface area (Å²) in [4.78, 5) is 4.66. The summed E-state index contributed by atoms with van der Waals surface area (Å²) in [5.41, 5.74) is 2.13. The fourth-order valence-corrected chi connectivity index (χ4v) is 3.86. The Labute approximate surface area is 129 Å². The van der Waals surface area contributed by atoms with Crippen LogP contribution in [0.5, 0.6) is 0 Å².